The molecule has 1 saturated heterocycles. The molecule has 6 nitrogen and oxygen atoms in total. The summed E-state index contributed by atoms with van der Waals surface area (Å²) in [6, 6.07) is 7.54. The molecule has 1 atom stereocenters. The summed E-state index contributed by atoms with van der Waals surface area (Å²) in [5, 5.41) is 3.20. The van der Waals surface area contributed by atoms with Gasteiger partial charge in [-0.05, 0) is 31.9 Å². The maximum absolute atomic E-state index is 12.1. The van der Waals surface area contributed by atoms with Gasteiger partial charge in [-0.2, -0.15) is 0 Å². The van der Waals surface area contributed by atoms with E-state index in [1.807, 2.05) is 43.0 Å². The number of nitrogens with zero attached hydrogens (tertiary/aromatic N) is 4. The molecule has 0 aromatic carbocycles. The molecule has 0 radical (unpaired) electrons. The number of pyridine rings is 1. The number of hydrogen-bond donors (Lipinski definition) is 1. The largest absolute Gasteiger partial charge is 0.332 e. The number of hydrogen-bond acceptors (Lipinski definition) is 5. The summed E-state index contributed by atoms with van der Waals surface area (Å²) >= 11 is 0. The molecule has 0 aliphatic carbocycles. The Kier molecular flexibility index (Phi) is 4.50. The molecular formula is C17H21N5O. The molecule has 3 heterocycles. The van der Waals surface area contributed by atoms with Crippen LogP contribution in [0.1, 0.15) is 43.7 Å². The average molecular weight is 311 g/mol. The highest BCUT2D eigenvalue weighted by Crippen LogP contribution is 2.31. The van der Waals surface area contributed by atoms with Crippen LogP contribution in [-0.4, -0.2) is 32.3 Å². The molecule has 6 heteroatoms. The first-order chi connectivity index (χ1) is 11.2. The number of aryl methyl sites for hydroxylation is 1. The lowest BCUT2D eigenvalue weighted by atomic mass is 10.2. The third-order valence-electron chi connectivity index (χ3n) is 3.97. The Morgan fingerprint density at radius 2 is 2.22 bits per heavy atom. The summed E-state index contributed by atoms with van der Waals surface area (Å²) in [7, 11) is 0. The van der Waals surface area contributed by atoms with Crippen LogP contribution in [0.2, 0.25) is 0 Å². The van der Waals surface area contributed by atoms with Gasteiger partial charge in [0.15, 0.2) is 5.82 Å². The Bertz CT molecular complexity index is 689. The van der Waals surface area contributed by atoms with Gasteiger partial charge in [0.2, 0.25) is 5.91 Å². The minimum atomic E-state index is -0.0216. The Hall–Kier alpha value is -2.50. The Morgan fingerprint density at radius 3 is 2.96 bits per heavy atom. The van der Waals surface area contributed by atoms with Crippen molar-refractivity contribution in [2.24, 2.45) is 0 Å². The Morgan fingerprint density at radius 1 is 1.35 bits per heavy atom. The highest BCUT2D eigenvalue weighted by atomic mass is 16.2. The number of rotatable bonds is 4. The summed E-state index contributed by atoms with van der Waals surface area (Å²) in [5.74, 6) is 2.33. The number of carbonyl (C=O) groups is 1. The first-order valence-electron chi connectivity index (χ1n) is 8.00. The zero-order valence-electron chi connectivity index (χ0n) is 13.5. The molecule has 2 aromatic rings. The van der Waals surface area contributed by atoms with Crippen molar-refractivity contribution in [2.75, 3.05) is 11.9 Å². The van der Waals surface area contributed by atoms with E-state index in [1.165, 1.54) is 0 Å². The number of likely N-dealkylation sites (tertiary alicyclic amines) is 1. The van der Waals surface area contributed by atoms with E-state index in [4.69, 9.17) is 0 Å². The molecule has 3 rings (SSSR count). The van der Waals surface area contributed by atoms with Crippen LogP contribution in [0, 0.1) is 6.92 Å². The molecule has 0 spiro atoms. The number of anilines is 2. The van der Waals surface area contributed by atoms with Crippen LogP contribution in [0.5, 0.6) is 0 Å². The molecule has 23 heavy (non-hydrogen) atoms. The van der Waals surface area contributed by atoms with Crippen molar-refractivity contribution in [3.8, 4) is 0 Å². The third-order valence-corrected chi connectivity index (χ3v) is 3.97. The van der Waals surface area contributed by atoms with Crippen LogP contribution in [0.3, 0.4) is 0 Å². The highest BCUT2D eigenvalue weighted by Gasteiger charge is 2.31. The molecule has 2 aromatic heterocycles. The van der Waals surface area contributed by atoms with E-state index >= 15 is 0 Å². The van der Waals surface area contributed by atoms with E-state index in [-0.39, 0.29) is 11.9 Å². The number of nitrogens with one attached hydrogen (secondary N) is 1. The smallest absolute Gasteiger partial charge is 0.222 e. The molecule has 0 unspecified atom stereocenters. The second kappa shape index (κ2) is 6.73. The average Bonchev–Trinajstić information content (AvgIpc) is 3.04. The predicted octanol–water partition coefficient (Wildman–Crippen LogP) is 3.00. The SMILES string of the molecule is CCC(=O)N1CCC[C@@H]1c1nc(C)cc(Nc2ccccn2)n1. The highest BCUT2D eigenvalue weighted by molar-refractivity contribution is 5.76. The lowest BCUT2D eigenvalue weighted by molar-refractivity contribution is -0.131. The van der Waals surface area contributed by atoms with E-state index in [1.54, 1.807) is 6.20 Å². The fourth-order valence-corrected chi connectivity index (χ4v) is 2.91. The zero-order chi connectivity index (χ0) is 16.2. The van der Waals surface area contributed by atoms with Crippen LogP contribution in [-0.2, 0) is 4.79 Å². The van der Waals surface area contributed by atoms with Crippen molar-refractivity contribution in [3.05, 3.63) is 42.0 Å². The minimum Gasteiger partial charge on any atom is -0.332 e. The fourth-order valence-electron chi connectivity index (χ4n) is 2.91. The van der Waals surface area contributed by atoms with Crippen LogP contribution >= 0.6 is 0 Å². The first-order valence-corrected chi connectivity index (χ1v) is 8.00. The van der Waals surface area contributed by atoms with Crippen molar-refractivity contribution in [1.82, 2.24) is 19.9 Å². The molecular weight excluding hydrogens is 290 g/mol. The van der Waals surface area contributed by atoms with Crippen LogP contribution in [0.25, 0.3) is 0 Å². The van der Waals surface area contributed by atoms with E-state index in [0.29, 0.717) is 18.1 Å². The van der Waals surface area contributed by atoms with Gasteiger partial charge in [0.05, 0.1) is 6.04 Å². The molecule has 0 bridgehead atoms. The second-order valence-corrected chi connectivity index (χ2v) is 5.69. The normalized spacial score (nSPS) is 17.3. The van der Waals surface area contributed by atoms with E-state index in [0.717, 1.165) is 30.9 Å². The van der Waals surface area contributed by atoms with E-state index in [2.05, 4.69) is 20.3 Å². The molecule has 1 aliphatic rings. The topological polar surface area (TPSA) is 71.0 Å². The molecule has 1 amide bonds. The quantitative estimate of drug-likeness (QED) is 0.940. The number of aromatic nitrogens is 3. The van der Waals surface area contributed by atoms with Gasteiger partial charge >= 0.3 is 0 Å². The summed E-state index contributed by atoms with van der Waals surface area (Å²) in [6.45, 7) is 4.62. The van der Waals surface area contributed by atoms with Gasteiger partial charge in [-0.15, -0.1) is 0 Å². The number of amides is 1. The molecule has 1 N–H and O–H groups in total. The van der Waals surface area contributed by atoms with Crippen molar-refractivity contribution in [2.45, 2.75) is 39.2 Å². The molecule has 120 valence electrons. The lowest BCUT2D eigenvalue weighted by Crippen LogP contribution is -2.31. The monoisotopic (exact) mass is 311 g/mol. The Balaban J connectivity index is 1.87. The molecule has 1 fully saturated rings. The van der Waals surface area contributed by atoms with Gasteiger partial charge in [0, 0.05) is 30.9 Å². The van der Waals surface area contributed by atoms with Crippen LogP contribution in [0.15, 0.2) is 30.5 Å². The van der Waals surface area contributed by atoms with Gasteiger partial charge in [0.25, 0.3) is 0 Å². The fraction of sp³-hybridized carbons (Fsp3) is 0.412. The van der Waals surface area contributed by atoms with Crippen LogP contribution in [0.4, 0.5) is 11.6 Å². The van der Waals surface area contributed by atoms with Gasteiger partial charge < -0.3 is 10.2 Å². The van der Waals surface area contributed by atoms with Crippen LogP contribution < -0.4 is 5.32 Å². The van der Waals surface area contributed by atoms with Gasteiger partial charge in [-0.3, -0.25) is 4.79 Å². The van der Waals surface area contributed by atoms with Gasteiger partial charge in [-0.25, -0.2) is 15.0 Å². The lowest BCUT2D eigenvalue weighted by Gasteiger charge is -2.23. The van der Waals surface area contributed by atoms with Gasteiger partial charge in [-0.1, -0.05) is 13.0 Å². The molecule has 0 saturated carbocycles. The summed E-state index contributed by atoms with van der Waals surface area (Å²) in [5.41, 5.74) is 0.879. The minimum absolute atomic E-state index is 0.0216. The maximum Gasteiger partial charge on any atom is 0.222 e. The summed E-state index contributed by atoms with van der Waals surface area (Å²) in [6.07, 6.45) is 4.16. The van der Waals surface area contributed by atoms with Crippen molar-refractivity contribution < 1.29 is 4.79 Å². The third kappa shape index (κ3) is 3.47. The standard InChI is InChI=1S/C17H21N5O/c1-3-16(23)22-10-6-7-13(22)17-19-12(2)11-15(21-17)20-14-8-4-5-9-18-14/h4-5,8-9,11,13H,3,6-7,10H2,1-2H3,(H,18,19,20,21)/t13-/m1/s1. The zero-order valence-corrected chi connectivity index (χ0v) is 13.5. The van der Waals surface area contributed by atoms with Crippen molar-refractivity contribution >= 4 is 17.5 Å². The maximum atomic E-state index is 12.1. The predicted molar refractivity (Wildman–Crippen MR) is 88.3 cm³/mol. The summed E-state index contributed by atoms with van der Waals surface area (Å²) < 4.78 is 0. The van der Waals surface area contributed by atoms with Crippen molar-refractivity contribution in [1.29, 1.82) is 0 Å². The van der Waals surface area contributed by atoms with E-state index in [9.17, 15) is 4.79 Å². The van der Waals surface area contributed by atoms with Gasteiger partial charge in [0.1, 0.15) is 11.6 Å². The number of carbonyl (C=O) groups excluding carboxylic acids is 1. The molecule has 1 aliphatic heterocycles. The van der Waals surface area contributed by atoms with E-state index < -0.39 is 0 Å². The Labute approximate surface area is 136 Å². The first kappa shape index (κ1) is 15.4. The van der Waals surface area contributed by atoms with Crippen molar-refractivity contribution in [3.63, 3.8) is 0 Å². The second-order valence-electron chi connectivity index (χ2n) is 5.69. The summed E-state index contributed by atoms with van der Waals surface area (Å²) in [4.78, 5) is 27.4.